The Morgan fingerprint density at radius 2 is 2.13 bits per heavy atom. The summed E-state index contributed by atoms with van der Waals surface area (Å²) in [5.41, 5.74) is 1.86. The average Bonchev–Trinajstić information content (AvgIpc) is 3.16. The molecule has 30 heavy (non-hydrogen) atoms. The topological polar surface area (TPSA) is 115 Å². The van der Waals surface area contributed by atoms with Gasteiger partial charge in [-0.15, -0.1) is 0 Å². The number of nitrogens with one attached hydrogen (secondary N) is 1. The van der Waals surface area contributed by atoms with E-state index in [4.69, 9.17) is 30.5 Å². The van der Waals surface area contributed by atoms with Gasteiger partial charge in [-0.05, 0) is 44.5 Å². The van der Waals surface area contributed by atoms with Crippen LogP contribution in [0.25, 0.3) is 0 Å². The second-order valence-electron chi connectivity index (χ2n) is 7.21. The second-order valence-corrected chi connectivity index (χ2v) is 8.67. The number of ether oxygens (including phenoxy) is 1. The fourth-order valence-electron chi connectivity index (χ4n) is 3.49. The number of aryl methyl sites for hydroxylation is 2. The van der Waals surface area contributed by atoms with E-state index in [0.717, 1.165) is 22.9 Å². The average molecular weight is 458 g/mol. The molecular weight excluding hydrogens is 438 g/mol. The Morgan fingerprint density at radius 1 is 1.37 bits per heavy atom. The van der Waals surface area contributed by atoms with E-state index in [1.807, 2.05) is 26.0 Å². The largest absolute Gasteiger partial charge is 0.426 e. The number of hydrogen-bond acceptors (Lipinski definition) is 8. The van der Waals surface area contributed by atoms with Gasteiger partial charge >= 0.3 is 14.6 Å². The standard InChI is InChI=1S/C18H20FN2O7PS/c1-9-5-10(2)15-11(6-9)8-25-29(27-15)28-18(23,24)13-3-4-14(26-13)21-7-12(19)16(22)20-17(21)30/h5-7,13-14,23-24H,3-4,8H2,1-2H3,(H,20,22,30). The van der Waals surface area contributed by atoms with Crippen molar-refractivity contribution in [3.8, 4) is 5.75 Å². The number of aromatic amines is 1. The van der Waals surface area contributed by atoms with E-state index in [0.29, 0.717) is 5.75 Å². The summed E-state index contributed by atoms with van der Waals surface area (Å²) in [4.78, 5) is 13.5. The lowest BCUT2D eigenvalue weighted by molar-refractivity contribution is -0.346. The summed E-state index contributed by atoms with van der Waals surface area (Å²) in [6.07, 6.45) is -0.585. The third-order valence-electron chi connectivity index (χ3n) is 4.85. The van der Waals surface area contributed by atoms with Crippen molar-refractivity contribution in [1.29, 1.82) is 0 Å². The molecule has 9 nitrogen and oxygen atoms in total. The van der Waals surface area contributed by atoms with E-state index >= 15 is 0 Å². The molecule has 0 bridgehead atoms. The zero-order valence-corrected chi connectivity index (χ0v) is 17.8. The van der Waals surface area contributed by atoms with Crippen molar-refractivity contribution in [2.75, 3.05) is 0 Å². The van der Waals surface area contributed by atoms with E-state index in [1.54, 1.807) is 0 Å². The smallest absolute Gasteiger partial charge is 0.402 e. The molecule has 2 aliphatic heterocycles. The molecule has 0 aliphatic carbocycles. The van der Waals surface area contributed by atoms with Crippen molar-refractivity contribution in [3.63, 3.8) is 0 Å². The first kappa shape index (κ1) is 21.5. The Bertz CT molecular complexity index is 1090. The van der Waals surface area contributed by atoms with Gasteiger partial charge in [-0.2, -0.15) is 4.39 Å². The number of aromatic nitrogens is 2. The third-order valence-corrected chi connectivity index (χ3v) is 6.25. The first-order valence-corrected chi connectivity index (χ1v) is 10.7. The lowest BCUT2D eigenvalue weighted by atomic mass is 10.1. The van der Waals surface area contributed by atoms with E-state index in [1.165, 1.54) is 4.57 Å². The first-order chi connectivity index (χ1) is 14.1. The van der Waals surface area contributed by atoms with Crippen LogP contribution in [-0.2, 0) is 20.4 Å². The van der Waals surface area contributed by atoms with Crippen LogP contribution in [0.15, 0.2) is 23.1 Å². The highest BCUT2D eigenvalue weighted by molar-refractivity contribution is 7.71. The highest BCUT2D eigenvalue weighted by Crippen LogP contribution is 2.51. The zero-order valence-electron chi connectivity index (χ0n) is 16.1. The van der Waals surface area contributed by atoms with Gasteiger partial charge < -0.3 is 19.5 Å². The van der Waals surface area contributed by atoms with Crippen molar-refractivity contribution in [2.24, 2.45) is 0 Å². The van der Waals surface area contributed by atoms with Crippen LogP contribution in [0, 0.1) is 24.4 Å². The minimum atomic E-state index is -2.71. The summed E-state index contributed by atoms with van der Waals surface area (Å²) < 4.78 is 36.9. The second kappa shape index (κ2) is 8.08. The Balaban J connectivity index is 1.45. The normalized spacial score (nSPS) is 23.8. The molecule has 0 saturated carbocycles. The Hall–Kier alpha value is -1.72. The first-order valence-electron chi connectivity index (χ1n) is 9.15. The van der Waals surface area contributed by atoms with Gasteiger partial charge in [-0.3, -0.25) is 18.9 Å². The van der Waals surface area contributed by atoms with Crippen LogP contribution in [0.5, 0.6) is 5.75 Å². The summed E-state index contributed by atoms with van der Waals surface area (Å²) in [5.74, 6) is -3.14. The molecule has 4 rings (SSSR count). The fourth-order valence-corrected chi connectivity index (χ4v) is 4.89. The van der Waals surface area contributed by atoms with Gasteiger partial charge in [0.2, 0.25) is 5.82 Å². The van der Waals surface area contributed by atoms with Crippen LogP contribution in [0.4, 0.5) is 4.39 Å². The molecule has 2 aliphatic rings. The summed E-state index contributed by atoms with van der Waals surface area (Å²) >= 11 is 5.02. The molecule has 3 unspecified atom stereocenters. The van der Waals surface area contributed by atoms with Crippen molar-refractivity contribution >= 4 is 20.8 Å². The van der Waals surface area contributed by atoms with E-state index in [-0.39, 0.29) is 24.2 Å². The van der Waals surface area contributed by atoms with Gasteiger partial charge in [0.25, 0.3) is 5.56 Å². The van der Waals surface area contributed by atoms with Gasteiger partial charge in [0.05, 0.1) is 12.8 Å². The molecule has 0 spiro atoms. The van der Waals surface area contributed by atoms with Crippen LogP contribution >= 0.6 is 20.8 Å². The summed E-state index contributed by atoms with van der Waals surface area (Å²) in [7, 11) is -2.09. The molecule has 1 saturated heterocycles. The third kappa shape index (κ3) is 4.19. The number of aliphatic hydroxyl groups is 2. The molecule has 1 fully saturated rings. The van der Waals surface area contributed by atoms with Crippen LogP contribution in [0.3, 0.4) is 0 Å². The van der Waals surface area contributed by atoms with Gasteiger partial charge in [0.1, 0.15) is 18.1 Å². The quantitative estimate of drug-likeness (QED) is 0.364. The highest BCUT2D eigenvalue weighted by Gasteiger charge is 2.47. The fraction of sp³-hybridized carbons (Fsp3) is 0.444. The van der Waals surface area contributed by atoms with Crippen molar-refractivity contribution < 1.29 is 32.9 Å². The van der Waals surface area contributed by atoms with Gasteiger partial charge in [-0.1, -0.05) is 17.7 Å². The number of rotatable bonds is 4. The number of halogens is 1. The van der Waals surface area contributed by atoms with E-state index in [9.17, 15) is 19.4 Å². The molecule has 1 aromatic heterocycles. The molecule has 0 radical (unpaired) electrons. The number of hydrogen-bond donors (Lipinski definition) is 3. The minimum absolute atomic E-state index is 0.0415. The molecule has 162 valence electrons. The molecule has 1 aromatic carbocycles. The number of fused-ring (bicyclic) bond motifs is 1. The maximum atomic E-state index is 13.6. The summed E-state index contributed by atoms with van der Waals surface area (Å²) in [6.45, 7) is 4.05. The summed E-state index contributed by atoms with van der Waals surface area (Å²) in [5, 5.41) is 20.9. The predicted molar refractivity (Wildman–Crippen MR) is 105 cm³/mol. The Labute approximate surface area is 177 Å². The van der Waals surface area contributed by atoms with Crippen molar-refractivity contribution in [2.45, 2.75) is 51.6 Å². The maximum absolute atomic E-state index is 13.6. The molecule has 3 heterocycles. The molecule has 12 heteroatoms. The Morgan fingerprint density at radius 3 is 2.90 bits per heavy atom. The molecule has 2 aromatic rings. The van der Waals surface area contributed by atoms with Crippen LogP contribution in [0.1, 0.15) is 35.8 Å². The maximum Gasteiger partial charge on any atom is 0.402 e. The van der Waals surface area contributed by atoms with Crippen LogP contribution in [0.2, 0.25) is 0 Å². The molecule has 3 atom stereocenters. The molecule has 0 amide bonds. The molecular formula is C18H20FN2O7PS. The predicted octanol–water partition coefficient (Wildman–Crippen LogP) is 2.83. The van der Waals surface area contributed by atoms with Gasteiger partial charge in [0, 0.05) is 5.56 Å². The Kier molecular flexibility index (Phi) is 5.80. The summed E-state index contributed by atoms with van der Waals surface area (Å²) in [6, 6.07) is 3.87. The van der Waals surface area contributed by atoms with Crippen molar-refractivity contribution in [1.82, 2.24) is 9.55 Å². The van der Waals surface area contributed by atoms with E-state index < -0.39 is 38.3 Å². The van der Waals surface area contributed by atoms with Gasteiger partial charge in [-0.25, -0.2) is 4.52 Å². The minimum Gasteiger partial charge on any atom is -0.426 e. The SMILES string of the molecule is Cc1cc(C)c2c(c1)COP(OC(O)(O)C1CCC(n3cc(F)c(=O)[nH]c3=S)O1)O2. The highest BCUT2D eigenvalue weighted by atomic mass is 32.1. The molecule has 3 N–H and O–H groups in total. The van der Waals surface area contributed by atoms with Crippen LogP contribution in [-0.4, -0.2) is 31.8 Å². The lowest BCUT2D eigenvalue weighted by Gasteiger charge is -2.32. The van der Waals surface area contributed by atoms with Crippen LogP contribution < -0.4 is 10.1 Å². The number of H-pyrrole nitrogens is 1. The lowest BCUT2D eigenvalue weighted by Crippen LogP contribution is -2.44. The van der Waals surface area contributed by atoms with Crippen molar-refractivity contribution in [3.05, 3.63) is 56.0 Å². The van der Waals surface area contributed by atoms with Gasteiger partial charge in [0.15, 0.2) is 4.77 Å². The van der Waals surface area contributed by atoms with E-state index in [2.05, 4.69) is 4.98 Å². The monoisotopic (exact) mass is 458 g/mol. The zero-order chi connectivity index (χ0) is 21.6. The number of benzene rings is 1. The number of nitrogens with zero attached hydrogens (tertiary/aromatic N) is 1.